The number of ether oxygens (including phenoxy) is 1. The van der Waals surface area contributed by atoms with Crippen LogP contribution in [0.15, 0.2) is 52.0 Å². The van der Waals surface area contributed by atoms with Crippen molar-refractivity contribution in [1.82, 2.24) is 5.43 Å². The fourth-order valence-corrected chi connectivity index (χ4v) is 2.36. The van der Waals surface area contributed by atoms with E-state index in [1.165, 1.54) is 19.4 Å². The van der Waals surface area contributed by atoms with Gasteiger partial charge in [0.05, 0.1) is 18.9 Å². The number of alkyl halides is 3. The summed E-state index contributed by atoms with van der Waals surface area (Å²) < 4.78 is 43.8. The lowest BCUT2D eigenvalue weighted by Crippen LogP contribution is -2.32. The first-order valence-electron chi connectivity index (χ1n) is 7.36. The monoisotopic (exact) mass is 443 g/mol. The number of rotatable bonds is 4. The van der Waals surface area contributed by atoms with Gasteiger partial charge in [-0.1, -0.05) is 22.0 Å². The van der Waals surface area contributed by atoms with Gasteiger partial charge in [0.1, 0.15) is 5.75 Å². The van der Waals surface area contributed by atoms with E-state index < -0.39 is 23.6 Å². The first-order chi connectivity index (χ1) is 12.7. The Bertz CT molecular complexity index is 885. The van der Waals surface area contributed by atoms with Gasteiger partial charge in [0.2, 0.25) is 0 Å². The van der Waals surface area contributed by atoms with Crippen molar-refractivity contribution in [1.29, 1.82) is 0 Å². The number of carbonyl (C=O) groups excluding carboxylic acids is 2. The second-order valence-corrected chi connectivity index (χ2v) is 6.03. The van der Waals surface area contributed by atoms with Crippen LogP contribution in [0.5, 0.6) is 5.75 Å². The van der Waals surface area contributed by atoms with Gasteiger partial charge in [0, 0.05) is 15.7 Å². The van der Waals surface area contributed by atoms with Crippen molar-refractivity contribution >= 4 is 39.6 Å². The lowest BCUT2D eigenvalue weighted by molar-refractivity contribution is -0.137. The molecule has 0 bridgehead atoms. The van der Waals surface area contributed by atoms with E-state index in [-0.39, 0.29) is 5.69 Å². The van der Waals surface area contributed by atoms with E-state index in [0.29, 0.717) is 11.3 Å². The Balaban J connectivity index is 2.01. The highest BCUT2D eigenvalue weighted by molar-refractivity contribution is 9.10. The molecule has 10 heteroatoms. The van der Waals surface area contributed by atoms with Gasteiger partial charge >= 0.3 is 18.0 Å². The minimum absolute atomic E-state index is 0.164. The Morgan fingerprint density at radius 1 is 1.15 bits per heavy atom. The molecular formula is C17H13BrF3N3O3. The molecule has 6 nitrogen and oxygen atoms in total. The number of carbonyl (C=O) groups is 2. The van der Waals surface area contributed by atoms with Crippen molar-refractivity contribution in [2.75, 3.05) is 12.4 Å². The number of amides is 2. The van der Waals surface area contributed by atoms with Crippen molar-refractivity contribution in [2.45, 2.75) is 6.18 Å². The average molecular weight is 444 g/mol. The minimum atomic E-state index is -4.56. The molecule has 0 saturated heterocycles. The fourth-order valence-electron chi connectivity index (χ4n) is 1.98. The molecule has 0 aliphatic carbocycles. The first-order valence-corrected chi connectivity index (χ1v) is 8.15. The normalized spacial score (nSPS) is 11.3. The summed E-state index contributed by atoms with van der Waals surface area (Å²) in [5.41, 5.74) is 1.42. The molecule has 2 rings (SSSR count). The molecule has 2 amide bonds. The SMILES string of the molecule is COc1ccc(Br)cc1/C=N\NC(=O)C(=O)Nc1cccc(C(F)(F)F)c1. The minimum Gasteiger partial charge on any atom is -0.496 e. The lowest BCUT2D eigenvalue weighted by Gasteiger charge is -2.09. The van der Waals surface area contributed by atoms with Crippen LogP contribution in [0.3, 0.4) is 0 Å². The largest absolute Gasteiger partial charge is 0.496 e. The highest BCUT2D eigenvalue weighted by atomic mass is 79.9. The number of anilines is 1. The number of methoxy groups -OCH3 is 1. The first kappa shape index (κ1) is 20.4. The molecule has 2 aromatic rings. The number of hydrazone groups is 1. The van der Waals surface area contributed by atoms with Crippen molar-refractivity contribution in [3.63, 3.8) is 0 Å². The summed E-state index contributed by atoms with van der Waals surface area (Å²) in [5, 5.41) is 5.72. The van der Waals surface area contributed by atoms with Crippen molar-refractivity contribution in [3.8, 4) is 5.75 Å². The van der Waals surface area contributed by atoms with E-state index in [9.17, 15) is 22.8 Å². The molecule has 2 N–H and O–H groups in total. The molecule has 0 radical (unpaired) electrons. The maximum Gasteiger partial charge on any atom is 0.416 e. The molecule has 142 valence electrons. The Morgan fingerprint density at radius 3 is 2.56 bits per heavy atom. The van der Waals surface area contributed by atoms with Crippen LogP contribution in [0, 0.1) is 0 Å². The van der Waals surface area contributed by atoms with Crippen molar-refractivity contribution in [3.05, 3.63) is 58.1 Å². The van der Waals surface area contributed by atoms with Gasteiger partial charge in [-0.3, -0.25) is 9.59 Å². The summed E-state index contributed by atoms with van der Waals surface area (Å²) in [6, 6.07) is 9.03. The third-order valence-electron chi connectivity index (χ3n) is 3.22. The Hall–Kier alpha value is -2.88. The molecule has 0 saturated carbocycles. The topological polar surface area (TPSA) is 79.8 Å². The molecule has 0 aliphatic rings. The third kappa shape index (κ3) is 5.81. The van der Waals surface area contributed by atoms with Crippen LogP contribution in [0.25, 0.3) is 0 Å². The molecule has 0 aliphatic heterocycles. The molecule has 27 heavy (non-hydrogen) atoms. The fraction of sp³-hybridized carbons (Fsp3) is 0.118. The maximum absolute atomic E-state index is 12.7. The van der Waals surface area contributed by atoms with Crippen LogP contribution < -0.4 is 15.5 Å². The van der Waals surface area contributed by atoms with Crippen LogP contribution >= 0.6 is 15.9 Å². The summed E-state index contributed by atoms with van der Waals surface area (Å²) in [7, 11) is 1.46. The Kier molecular flexibility index (Phi) is 6.56. The van der Waals surface area contributed by atoms with Gasteiger partial charge < -0.3 is 10.1 Å². The van der Waals surface area contributed by atoms with Gasteiger partial charge in [-0.25, -0.2) is 5.43 Å². The molecule has 0 heterocycles. The van der Waals surface area contributed by atoms with Crippen LogP contribution in [-0.2, 0) is 15.8 Å². The Labute approximate surface area is 160 Å². The maximum atomic E-state index is 12.7. The standard InChI is InChI=1S/C17H13BrF3N3O3/c1-27-14-6-5-12(18)7-10(14)9-22-24-16(26)15(25)23-13-4-2-3-11(8-13)17(19,20)21/h2-9H,1H3,(H,23,25)(H,24,26)/b22-9-. The second-order valence-electron chi connectivity index (χ2n) is 5.12. The predicted octanol–water partition coefficient (Wildman–Crippen LogP) is 3.57. The van der Waals surface area contributed by atoms with Gasteiger partial charge in [-0.15, -0.1) is 0 Å². The molecule has 0 unspecified atom stereocenters. The Morgan fingerprint density at radius 2 is 1.89 bits per heavy atom. The lowest BCUT2D eigenvalue weighted by atomic mass is 10.2. The zero-order chi connectivity index (χ0) is 20.0. The van der Waals surface area contributed by atoms with Gasteiger partial charge in [0.15, 0.2) is 0 Å². The highest BCUT2D eigenvalue weighted by Crippen LogP contribution is 2.30. The summed E-state index contributed by atoms with van der Waals surface area (Å²) in [6.45, 7) is 0. The van der Waals surface area contributed by atoms with Gasteiger partial charge in [-0.2, -0.15) is 18.3 Å². The van der Waals surface area contributed by atoms with Crippen LogP contribution in [0.1, 0.15) is 11.1 Å². The van der Waals surface area contributed by atoms with Gasteiger partial charge in [0.25, 0.3) is 0 Å². The zero-order valence-corrected chi connectivity index (χ0v) is 15.4. The van der Waals surface area contributed by atoms with Crippen molar-refractivity contribution < 1.29 is 27.5 Å². The predicted molar refractivity (Wildman–Crippen MR) is 96.5 cm³/mol. The molecular weight excluding hydrogens is 431 g/mol. The number of benzene rings is 2. The van der Waals surface area contributed by atoms with E-state index in [0.717, 1.165) is 22.7 Å². The molecule has 0 atom stereocenters. The van der Waals surface area contributed by atoms with Crippen LogP contribution in [0.2, 0.25) is 0 Å². The van der Waals surface area contributed by atoms with E-state index in [2.05, 4.69) is 26.3 Å². The van der Waals surface area contributed by atoms with E-state index >= 15 is 0 Å². The van der Waals surface area contributed by atoms with E-state index in [4.69, 9.17) is 4.74 Å². The molecule has 0 aromatic heterocycles. The van der Waals surface area contributed by atoms with Gasteiger partial charge in [-0.05, 0) is 36.4 Å². The zero-order valence-electron chi connectivity index (χ0n) is 13.8. The quantitative estimate of drug-likeness (QED) is 0.430. The summed E-state index contributed by atoms with van der Waals surface area (Å²) in [4.78, 5) is 23.5. The molecule has 0 spiro atoms. The second kappa shape index (κ2) is 8.67. The van der Waals surface area contributed by atoms with Crippen LogP contribution in [0.4, 0.5) is 18.9 Å². The number of nitrogens with zero attached hydrogens (tertiary/aromatic N) is 1. The summed E-state index contributed by atoms with van der Waals surface area (Å²) in [5.74, 6) is -1.81. The molecule has 2 aromatic carbocycles. The third-order valence-corrected chi connectivity index (χ3v) is 3.71. The average Bonchev–Trinajstić information content (AvgIpc) is 2.61. The van der Waals surface area contributed by atoms with E-state index in [1.54, 1.807) is 18.2 Å². The van der Waals surface area contributed by atoms with E-state index in [1.807, 2.05) is 5.43 Å². The number of halogens is 4. The summed E-state index contributed by atoms with van der Waals surface area (Å²) >= 11 is 3.28. The molecule has 0 fully saturated rings. The number of nitrogens with one attached hydrogen (secondary N) is 2. The highest BCUT2D eigenvalue weighted by Gasteiger charge is 2.30. The van der Waals surface area contributed by atoms with Crippen LogP contribution in [-0.4, -0.2) is 25.1 Å². The van der Waals surface area contributed by atoms with Crippen molar-refractivity contribution in [2.24, 2.45) is 5.10 Å². The summed E-state index contributed by atoms with van der Waals surface area (Å²) in [6.07, 6.45) is -3.30. The number of hydrogen-bond donors (Lipinski definition) is 2. The number of hydrogen-bond acceptors (Lipinski definition) is 4. The smallest absolute Gasteiger partial charge is 0.416 e.